The molecule has 0 saturated carbocycles. The Bertz CT molecular complexity index is 949. The second-order valence-electron chi connectivity index (χ2n) is 8.64. The molecule has 2 aliphatic rings. The number of alkyl halides is 3. The van der Waals surface area contributed by atoms with E-state index >= 15 is 0 Å². The van der Waals surface area contributed by atoms with Gasteiger partial charge in [-0.25, -0.2) is 0 Å². The molecule has 2 saturated heterocycles. The van der Waals surface area contributed by atoms with Crippen LogP contribution in [0.5, 0.6) is 0 Å². The van der Waals surface area contributed by atoms with Crippen LogP contribution >= 0.6 is 0 Å². The van der Waals surface area contributed by atoms with Gasteiger partial charge in [0.25, 0.3) is 0 Å². The van der Waals surface area contributed by atoms with E-state index in [4.69, 9.17) is 10.00 Å². The number of halogens is 3. The Labute approximate surface area is 179 Å². The molecule has 0 amide bonds. The zero-order valence-electron chi connectivity index (χ0n) is 17.5. The summed E-state index contributed by atoms with van der Waals surface area (Å²) in [6.07, 6.45) is -3.13. The molecule has 4 rings (SSSR count). The number of nitrogens with zero attached hydrogens (tertiary/aromatic N) is 4. The first-order valence-corrected chi connectivity index (χ1v) is 10.5. The standard InChI is InChI=1S/C23H25F3N4O/c1-17-2-7-20(29-28-17)15-30-12-10-21(16-30,22(11-13-31-22)23(24,25)26)9-8-18-3-5-19(14-27)6-4-18/h2-7H,8-13,15-16H2,1H3/t21-,22?/m1/s1. The molecule has 8 heteroatoms. The zero-order valence-corrected chi connectivity index (χ0v) is 17.5. The van der Waals surface area contributed by atoms with E-state index in [-0.39, 0.29) is 13.0 Å². The number of rotatable bonds is 6. The first-order chi connectivity index (χ1) is 14.8. The highest BCUT2D eigenvalue weighted by atomic mass is 19.4. The number of likely N-dealkylation sites (tertiary alicyclic amines) is 1. The molecule has 0 N–H and O–H groups in total. The molecule has 1 aromatic carbocycles. The van der Waals surface area contributed by atoms with Crippen molar-refractivity contribution in [2.24, 2.45) is 5.41 Å². The van der Waals surface area contributed by atoms with Crippen molar-refractivity contribution in [3.8, 4) is 6.07 Å². The smallest absolute Gasteiger partial charge is 0.365 e. The highest BCUT2D eigenvalue weighted by Gasteiger charge is 2.71. The van der Waals surface area contributed by atoms with Crippen LogP contribution in [0.4, 0.5) is 13.2 Å². The lowest BCUT2D eigenvalue weighted by molar-refractivity contribution is -0.366. The second kappa shape index (κ2) is 8.21. The van der Waals surface area contributed by atoms with Gasteiger partial charge in [-0.05, 0) is 62.6 Å². The minimum absolute atomic E-state index is 0.00203. The minimum Gasteiger partial charge on any atom is -0.365 e. The van der Waals surface area contributed by atoms with Crippen molar-refractivity contribution >= 4 is 0 Å². The SMILES string of the molecule is Cc1ccc(CN2CC[C@@](CCc3ccc(C#N)cc3)(C3(C(F)(F)F)CCO3)C2)nn1. The molecule has 0 bridgehead atoms. The van der Waals surface area contributed by atoms with Crippen LogP contribution in [0.2, 0.25) is 0 Å². The first-order valence-electron chi connectivity index (χ1n) is 10.5. The average Bonchev–Trinajstić information content (AvgIpc) is 3.10. The zero-order chi connectivity index (χ0) is 22.1. The molecular weight excluding hydrogens is 405 g/mol. The lowest BCUT2D eigenvalue weighted by atomic mass is 9.63. The minimum atomic E-state index is -4.42. The number of benzene rings is 1. The number of nitriles is 1. The summed E-state index contributed by atoms with van der Waals surface area (Å²) in [6.45, 7) is 3.33. The molecule has 2 atom stereocenters. The molecule has 5 nitrogen and oxygen atoms in total. The van der Waals surface area contributed by atoms with E-state index < -0.39 is 17.2 Å². The third-order valence-corrected chi connectivity index (χ3v) is 6.76. The van der Waals surface area contributed by atoms with Gasteiger partial charge in [-0.2, -0.15) is 28.6 Å². The summed E-state index contributed by atoms with van der Waals surface area (Å²) < 4.78 is 48.2. The third kappa shape index (κ3) is 4.04. The third-order valence-electron chi connectivity index (χ3n) is 6.76. The molecule has 0 radical (unpaired) electrons. The van der Waals surface area contributed by atoms with Gasteiger partial charge >= 0.3 is 6.18 Å². The molecule has 2 fully saturated rings. The van der Waals surface area contributed by atoms with Crippen LogP contribution in [0.15, 0.2) is 36.4 Å². The van der Waals surface area contributed by atoms with Crippen molar-refractivity contribution in [1.29, 1.82) is 5.26 Å². The Hall–Kier alpha value is -2.50. The van der Waals surface area contributed by atoms with Gasteiger partial charge < -0.3 is 4.74 Å². The number of ether oxygens (including phenoxy) is 1. The summed E-state index contributed by atoms with van der Waals surface area (Å²) in [5.41, 5.74) is -0.0860. The van der Waals surface area contributed by atoms with Crippen LogP contribution in [0.25, 0.3) is 0 Å². The lowest BCUT2D eigenvalue weighted by Crippen LogP contribution is -2.67. The van der Waals surface area contributed by atoms with Crippen molar-refractivity contribution in [1.82, 2.24) is 15.1 Å². The van der Waals surface area contributed by atoms with E-state index in [9.17, 15) is 13.2 Å². The number of hydrogen-bond donors (Lipinski definition) is 0. The highest BCUT2D eigenvalue weighted by Crippen LogP contribution is 2.59. The Balaban J connectivity index is 1.56. The fourth-order valence-electron chi connectivity index (χ4n) is 4.95. The van der Waals surface area contributed by atoms with Crippen molar-refractivity contribution < 1.29 is 17.9 Å². The Morgan fingerprint density at radius 3 is 2.42 bits per heavy atom. The molecule has 31 heavy (non-hydrogen) atoms. The summed E-state index contributed by atoms with van der Waals surface area (Å²) in [6, 6.07) is 12.9. The summed E-state index contributed by atoms with van der Waals surface area (Å²) in [5, 5.41) is 17.2. The second-order valence-corrected chi connectivity index (χ2v) is 8.64. The van der Waals surface area contributed by atoms with Crippen LogP contribution in [0.3, 0.4) is 0 Å². The van der Waals surface area contributed by atoms with Gasteiger partial charge in [-0.3, -0.25) is 4.90 Å². The topological polar surface area (TPSA) is 62.0 Å². The molecular formula is C23H25F3N4O. The lowest BCUT2D eigenvalue weighted by Gasteiger charge is -2.54. The summed E-state index contributed by atoms with van der Waals surface area (Å²) >= 11 is 0. The van der Waals surface area contributed by atoms with Crippen molar-refractivity contribution in [3.63, 3.8) is 0 Å². The number of aryl methyl sites for hydroxylation is 2. The van der Waals surface area contributed by atoms with Crippen LogP contribution in [-0.4, -0.2) is 46.6 Å². The Morgan fingerprint density at radius 2 is 1.87 bits per heavy atom. The maximum absolute atomic E-state index is 14.3. The molecule has 0 aliphatic carbocycles. The number of aromatic nitrogens is 2. The molecule has 164 valence electrons. The quantitative estimate of drug-likeness (QED) is 0.687. The molecule has 1 unspecified atom stereocenters. The van der Waals surface area contributed by atoms with Gasteiger partial charge in [-0.15, -0.1) is 0 Å². The van der Waals surface area contributed by atoms with E-state index in [0.717, 1.165) is 17.0 Å². The molecule has 2 aromatic rings. The molecule has 1 aromatic heterocycles. The van der Waals surface area contributed by atoms with Crippen LogP contribution < -0.4 is 0 Å². The van der Waals surface area contributed by atoms with Gasteiger partial charge in [0, 0.05) is 24.9 Å². The molecule has 3 heterocycles. The highest BCUT2D eigenvalue weighted by molar-refractivity contribution is 5.32. The predicted octanol–water partition coefficient (Wildman–Crippen LogP) is 4.20. The van der Waals surface area contributed by atoms with Crippen molar-refractivity contribution in [2.75, 3.05) is 19.7 Å². The summed E-state index contributed by atoms with van der Waals surface area (Å²) in [7, 11) is 0. The molecule has 2 aliphatic heterocycles. The van der Waals surface area contributed by atoms with Gasteiger partial charge in [-0.1, -0.05) is 12.1 Å². The van der Waals surface area contributed by atoms with Crippen molar-refractivity contribution in [3.05, 3.63) is 58.9 Å². The summed E-state index contributed by atoms with van der Waals surface area (Å²) in [4.78, 5) is 2.04. The van der Waals surface area contributed by atoms with Gasteiger partial charge in [0.15, 0.2) is 5.60 Å². The number of hydrogen-bond acceptors (Lipinski definition) is 5. The van der Waals surface area contributed by atoms with Gasteiger partial charge in [0.1, 0.15) is 0 Å². The van der Waals surface area contributed by atoms with E-state index in [1.807, 2.05) is 36.1 Å². The average molecular weight is 430 g/mol. The van der Waals surface area contributed by atoms with Crippen LogP contribution in [0, 0.1) is 23.7 Å². The monoisotopic (exact) mass is 430 g/mol. The Morgan fingerprint density at radius 1 is 1.13 bits per heavy atom. The first kappa shape index (κ1) is 21.7. The van der Waals surface area contributed by atoms with Crippen LogP contribution in [-0.2, 0) is 17.7 Å². The van der Waals surface area contributed by atoms with Gasteiger partial charge in [0.2, 0.25) is 0 Å². The van der Waals surface area contributed by atoms with E-state index in [2.05, 4.69) is 16.3 Å². The molecule has 0 spiro atoms. The maximum atomic E-state index is 14.3. The maximum Gasteiger partial charge on any atom is 0.418 e. The Kier molecular flexibility index (Phi) is 5.75. The van der Waals surface area contributed by atoms with E-state index in [1.165, 1.54) is 0 Å². The fraction of sp³-hybridized carbons (Fsp3) is 0.522. The predicted molar refractivity (Wildman–Crippen MR) is 108 cm³/mol. The van der Waals surface area contributed by atoms with Crippen LogP contribution in [0.1, 0.15) is 41.8 Å². The summed E-state index contributed by atoms with van der Waals surface area (Å²) in [5.74, 6) is 0. The van der Waals surface area contributed by atoms with E-state index in [1.54, 1.807) is 12.1 Å². The fourth-order valence-corrected chi connectivity index (χ4v) is 4.95. The van der Waals surface area contributed by atoms with E-state index in [0.29, 0.717) is 44.5 Å². The normalized spacial score (nSPS) is 26.4. The van der Waals surface area contributed by atoms with Gasteiger partial charge in [0.05, 0.1) is 29.6 Å². The van der Waals surface area contributed by atoms with Crippen molar-refractivity contribution in [2.45, 2.75) is 50.9 Å². The largest absolute Gasteiger partial charge is 0.418 e.